The highest BCUT2D eigenvalue weighted by molar-refractivity contribution is 5.94. The summed E-state index contributed by atoms with van der Waals surface area (Å²) in [5.41, 5.74) is 1.83. The van der Waals surface area contributed by atoms with E-state index in [1.807, 2.05) is 29.4 Å². The van der Waals surface area contributed by atoms with Gasteiger partial charge in [-0.2, -0.15) is 0 Å². The number of amides is 2. The van der Waals surface area contributed by atoms with Crippen LogP contribution in [0.5, 0.6) is 0 Å². The van der Waals surface area contributed by atoms with E-state index in [0.29, 0.717) is 25.1 Å². The Labute approximate surface area is 183 Å². The number of pyridine rings is 2. The third-order valence-corrected chi connectivity index (χ3v) is 6.41. The minimum Gasteiger partial charge on any atom is -0.356 e. The molecule has 31 heavy (non-hydrogen) atoms. The molecule has 4 heterocycles. The van der Waals surface area contributed by atoms with Crippen molar-refractivity contribution in [2.24, 2.45) is 5.92 Å². The number of piperidine rings is 1. The lowest BCUT2D eigenvalue weighted by Gasteiger charge is -2.43. The molecule has 0 aliphatic carbocycles. The molecule has 2 aromatic heterocycles. The summed E-state index contributed by atoms with van der Waals surface area (Å²) in [5, 5.41) is 3.15. The van der Waals surface area contributed by atoms with Gasteiger partial charge in [0.2, 0.25) is 5.91 Å². The molecule has 0 radical (unpaired) electrons. The van der Waals surface area contributed by atoms with E-state index < -0.39 is 0 Å². The fourth-order valence-electron chi connectivity index (χ4n) is 4.69. The van der Waals surface area contributed by atoms with Crippen molar-refractivity contribution >= 4 is 11.8 Å². The molecule has 0 aromatic carbocycles. The zero-order valence-corrected chi connectivity index (χ0v) is 17.9. The predicted octanol–water partition coefficient (Wildman–Crippen LogP) is 2.50. The summed E-state index contributed by atoms with van der Waals surface area (Å²) in [6.07, 6.45) is 12.0. The molecule has 2 amide bonds. The molecule has 164 valence electrons. The van der Waals surface area contributed by atoms with Gasteiger partial charge in [0.1, 0.15) is 0 Å². The third-order valence-electron chi connectivity index (χ3n) is 6.41. The summed E-state index contributed by atoms with van der Waals surface area (Å²) in [5.74, 6) is 0.0310. The van der Waals surface area contributed by atoms with Crippen LogP contribution in [0.25, 0.3) is 0 Å². The molecule has 7 heteroatoms. The number of rotatable bonds is 3. The normalized spacial score (nSPS) is 23.4. The second-order valence-electron chi connectivity index (χ2n) is 8.48. The van der Waals surface area contributed by atoms with Crippen LogP contribution in [0.4, 0.5) is 0 Å². The molecule has 0 saturated carbocycles. The minimum atomic E-state index is -0.110. The Hall–Kier alpha value is -2.80. The van der Waals surface area contributed by atoms with Gasteiger partial charge in [-0.25, -0.2) is 0 Å². The van der Waals surface area contributed by atoms with Crippen molar-refractivity contribution in [3.05, 3.63) is 60.2 Å². The number of hydrogen-bond acceptors (Lipinski definition) is 5. The molecule has 2 atom stereocenters. The first-order chi connectivity index (χ1) is 15.2. The Morgan fingerprint density at radius 2 is 1.68 bits per heavy atom. The number of carbonyl (C=O) groups excluding carboxylic acids is 2. The highest BCUT2D eigenvalue weighted by atomic mass is 16.2. The highest BCUT2D eigenvalue weighted by Crippen LogP contribution is 2.27. The van der Waals surface area contributed by atoms with E-state index in [1.54, 1.807) is 24.5 Å². The first-order valence-corrected chi connectivity index (χ1v) is 11.3. The van der Waals surface area contributed by atoms with Crippen LogP contribution in [-0.4, -0.2) is 63.8 Å². The Balaban J connectivity index is 1.59. The number of carbonyl (C=O) groups is 2. The van der Waals surface area contributed by atoms with E-state index in [4.69, 9.17) is 0 Å². The molecule has 2 aliphatic heterocycles. The van der Waals surface area contributed by atoms with Gasteiger partial charge >= 0.3 is 0 Å². The van der Waals surface area contributed by atoms with Gasteiger partial charge in [0, 0.05) is 62.6 Å². The van der Waals surface area contributed by atoms with Gasteiger partial charge in [-0.1, -0.05) is 12.8 Å². The van der Waals surface area contributed by atoms with Crippen molar-refractivity contribution in [1.29, 1.82) is 0 Å². The van der Waals surface area contributed by atoms with Crippen molar-refractivity contribution in [3.63, 3.8) is 0 Å². The molecular formula is C24H31N5O2. The van der Waals surface area contributed by atoms with Gasteiger partial charge < -0.3 is 10.2 Å². The SMILES string of the molecule is O=C1NCCCCCCN(Cc2ccncc2)C2CN(C(=O)c3ccncc3)CCC12. The summed E-state index contributed by atoms with van der Waals surface area (Å²) >= 11 is 0. The number of nitrogens with zero attached hydrogens (tertiary/aromatic N) is 4. The van der Waals surface area contributed by atoms with E-state index in [2.05, 4.69) is 20.2 Å². The van der Waals surface area contributed by atoms with Gasteiger partial charge in [-0.3, -0.25) is 24.5 Å². The van der Waals surface area contributed by atoms with Gasteiger partial charge in [0.15, 0.2) is 0 Å². The molecule has 2 saturated heterocycles. The highest BCUT2D eigenvalue weighted by Gasteiger charge is 2.39. The quantitative estimate of drug-likeness (QED) is 0.824. The number of fused-ring (bicyclic) bond motifs is 1. The van der Waals surface area contributed by atoms with Crippen LogP contribution in [-0.2, 0) is 11.3 Å². The molecule has 0 spiro atoms. The summed E-state index contributed by atoms with van der Waals surface area (Å²) < 4.78 is 0. The summed E-state index contributed by atoms with van der Waals surface area (Å²) in [4.78, 5) is 38.7. The van der Waals surface area contributed by atoms with Crippen LogP contribution < -0.4 is 5.32 Å². The van der Waals surface area contributed by atoms with E-state index in [9.17, 15) is 9.59 Å². The molecule has 4 rings (SSSR count). The zero-order chi connectivity index (χ0) is 21.5. The maximum absolute atomic E-state index is 13.1. The Bertz CT molecular complexity index is 861. The molecule has 2 unspecified atom stereocenters. The van der Waals surface area contributed by atoms with Crippen LogP contribution in [0.3, 0.4) is 0 Å². The molecular weight excluding hydrogens is 390 g/mol. The van der Waals surface area contributed by atoms with Crippen LogP contribution in [0, 0.1) is 5.92 Å². The van der Waals surface area contributed by atoms with Crippen molar-refractivity contribution in [2.75, 3.05) is 26.2 Å². The van der Waals surface area contributed by atoms with Gasteiger partial charge in [0.05, 0.1) is 5.92 Å². The van der Waals surface area contributed by atoms with E-state index in [1.165, 1.54) is 5.56 Å². The fraction of sp³-hybridized carbons (Fsp3) is 0.500. The van der Waals surface area contributed by atoms with Gasteiger partial charge in [0.25, 0.3) is 5.91 Å². The lowest BCUT2D eigenvalue weighted by atomic mass is 9.88. The van der Waals surface area contributed by atoms with Gasteiger partial charge in [-0.15, -0.1) is 0 Å². The van der Waals surface area contributed by atoms with Crippen LogP contribution in [0.2, 0.25) is 0 Å². The fourth-order valence-corrected chi connectivity index (χ4v) is 4.69. The van der Waals surface area contributed by atoms with E-state index in [0.717, 1.165) is 45.3 Å². The predicted molar refractivity (Wildman–Crippen MR) is 118 cm³/mol. The standard InChI is InChI=1S/C24H31N5O2/c30-23-21-9-16-29(24(31)20-7-13-26-14-8-20)18-22(21)28(15-4-2-1-3-10-27-23)17-19-5-11-25-12-6-19/h5-8,11-14,21-22H,1-4,9-10,15-18H2,(H,27,30). The largest absolute Gasteiger partial charge is 0.356 e. The summed E-state index contributed by atoms with van der Waals surface area (Å²) in [6, 6.07) is 7.57. The molecule has 1 N–H and O–H groups in total. The molecule has 2 aromatic rings. The van der Waals surface area contributed by atoms with Crippen molar-refractivity contribution in [3.8, 4) is 0 Å². The second kappa shape index (κ2) is 10.5. The van der Waals surface area contributed by atoms with Crippen molar-refractivity contribution in [2.45, 2.75) is 44.7 Å². The molecule has 2 aliphatic rings. The van der Waals surface area contributed by atoms with Gasteiger partial charge in [-0.05, 0) is 55.6 Å². The van der Waals surface area contributed by atoms with E-state index in [-0.39, 0.29) is 23.8 Å². The second-order valence-corrected chi connectivity index (χ2v) is 8.48. The smallest absolute Gasteiger partial charge is 0.254 e. The maximum atomic E-state index is 13.1. The number of nitrogens with one attached hydrogen (secondary N) is 1. The lowest BCUT2D eigenvalue weighted by molar-refractivity contribution is -0.129. The molecule has 7 nitrogen and oxygen atoms in total. The minimum absolute atomic E-state index is 0.00852. The third kappa shape index (κ3) is 5.47. The van der Waals surface area contributed by atoms with Crippen LogP contribution >= 0.6 is 0 Å². The van der Waals surface area contributed by atoms with Crippen LogP contribution in [0.1, 0.15) is 48.0 Å². The topological polar surface area (TPSA) is 78.4 Å². The zero-order valence-electron chi connectivity index (χ0n) is 17.9. The maximum Gasteiger partial charge on any atom is 0.254 e. The van der Waals surface area contributed by atoms with Crippen molar-refractivity contribution < 1.29 is 9.59 Å². The summed E-state index contributed by atoms with van der Waals surface area (Å²) in [7, 11) is 0. The first kappa shape index (κ1) is 21.4. The molecule has 0 bridgehead atoms. The average Bonchev–Trinajstić information content (AvgIpc) is 2.85. The Morgan fingerprint density at radius 1 is 0.968 bits per heavy atom. The summed E-state index contributed by atoms with van der Waals surface area (Å²) in [6.45, 7) is 3.58. The molecule has 2 fully saturated rings. The van der Waals surface area contributed by atoms with E-state index >= 15 is 0 Å². The number of hydrogen-bond donors (Lipinski definition) is 1. The Kier molecular flexibility index (Phi) is 7.25. The monoisotopic (exact) mass is 421 g/mol. The average molecular weight is 422 g/mol. The lowest BCUT2D eigenvalue weighted by Crippen LogP contribution is -2.57. The van der Waals surface area contributed by atoms with Crippen molar-refractivity contribution in [1.82, 2.24) is 25.1 Å². The van der Waals surface area contributed by atoms with Crippen LogP contribution in [0.15, 0.2) is 49.1 Å². The number of likely N-dealkylation sites (tertiary alicyclic amines) is 1. The number of aromatic nitrogens is 2. The Morgan fingerprint density at radius 3 is 2.45 bits per heavy atom. The first-order valence-electron chi connectivity index (χ1n) is 11.3.